The van der Waals surface area contributed by atoms with Gasteiger partial charge in [-0.15, -0.1) is 0 Å². The van der Waals surface area contributed by atoms with E-state index < -0.39 is 0 Å². The third-order valence-electron chi connectivity index (χ3n) is 5.87. The van der Waals surface area contributed by atoms with Gasteiger partial charge in [-0.2, -0.15) is 0 Å². The first-order valence-electron chi connectivity index (χ1n) is 8.59. The number of nitrogens with zero attached hydrogens (tertiary/aromatic N) is 2. The Balaban J connectivity index is 1.33. The Hall–Kier alpha value is -0.930. The second-order valence-electron chi connectivity index (χ2n) is 7.28. The molecule has 0 bridgehead atoms. The molecule has 1 saturated carbocycles. The molecule has 2 saturated heterocycles. The number of piperidine rings is 1. The van der Waals surface area contributed by atoms with Gasteiger partial charge in [0.05, 0.1) is 12.2 Å². The van der Waals surface area contributed by atoms with E-state index in [1.807, 2.05) is 18.5 Å². The molecule has 1 spiro atoms. The minimum Gasteiger partial charge on any atom is -0.374 e. The molecule has 1 atom stereocenters. The van der Waals surface area contributed by atoms with E-state index in [1.54, 1.807) is 0 Å². The number of ether oxygens (including phenoxy) is 1. The average Bonchev–Trinajstić information content (AvgIpc) is 2.90. The average molecular weight is 286 g/mol. The van der Waals surface area contributed by atoms with Gasteiger partial charge in [0, 0.05) is 37.9 Å². The molecular weight excluding hydrogens is 260 g/mol. The van der Waals surface area contributed by atoms with E-state index in [4.69, 9.17) is 4.74 Å². The number of hydrogen-bond acceptors (Lipinski definition) is 3. The lowest BCUT2D eigenvalue weighted by molar-refractivity contribution is -0.0472. The summed E-state index contributed by atoms with van der Waals surface area (Å²) >= 11 is 0. The van der Waals surface area contributed by atoms with Gasteiger partial charge in [0.15, 0.2) is 0 Å². The Morgan fingerprint density at radius 1 is 1.29 bits per heavy atom. The Morgan fingerprint density at radius 2 is 2.14 bits per heavy atom. The monoisotopic (exact) mass is 286 g/mol. The maximum atomic E-state index is 6.29. The van der Waals surface area contributed by atoms with Crippen molar-refractivity contribution in [1.82, 2.24) is 9.88 Å². The van der Waals surface area contributed by atoms with Crippen molar-refractivity contribution < 1.29 is 4.74 Å². The summed E-state index contributed by atoms with van der Waals surface area (Å²) < 4.78 is 6.29. The minimum absolute atomic E-state index is 0.163. The third kappa shape index (κ3) is 2.86. The summed E-state index contributed by atoms with van der Waals surface area (Å²) in [6.07, 6.45) is 11.9. The lowest BCUT2D eigenvalue weighted by Gasteiger charge is -2.41. The van der Waals surface area contributed by atoms with Crippen molar-refractivity contribution in [2.24, 2.45) is 5.92 Å². The zero-order valence-electron chi connectivity index (χ0n) is 12.8. The summed E-state index contributed by atoms with van der Waals surface area (Å²) in [5.41, 5.74) is 1.52. The highest BCUT2D eigenvalue weighted by atomic mass is 16.5. The molecule has 114 valence electrons. The molecule has 3 aliphatic rings. The molecule has 1 unspecified atom stereocenters. The van der Waals surface area contributed by atoms with Crippen LogP contribution in [0.2, 0.25) is 0 Å². The molecule has 1 aromatic rings. The van der Waals surface area contributed by atoms with Crippen LogP contribution >= 0.6 is 0 Å². The van der Waals surface area contributed by atoms with Gasteiger partial charge in [0.2, 0.25) is 0 Å². The zero-order valence-corrected chi connectivity index (χ0v) is 12.8. The Kier molecular flexibility index (Phi) is 3.72. The Bertz CT molecular complexity index is 463. The van der Waals surface area contributed by atoms with E-state index in [-0.39, 0.29) is 5.60 Å². The largest absolute Gasteiger partial charge is 0.374 e. The molecule has 3 nitrogen and oxygen atoms in total. The van der Waals surface area contributed by atoms with Crippen molar-refractivity contribution in [3.05, 3.63) is 30.1 Å². The fourth-order valence-electron chi connectivity index (χ4n) is 4.21. The molecule has 3 heteroatoms. The Labute approximate surface area is 127 Å². The normalized spacial score (nSPS) is 29.6. The fourth-order valence-corrected chi connectivity index (χ4v) is 4.21. The van der Waals surface area contributed by atoms with Crippen LogP contribution in [0.25, 0.3) is 0 Å². The first-order valence-corrected chi connectivity index (χ1v) is 8.59. The minimum atomic E-state index is 0.163. The van der Waals surface area contributed by atoms with Gasteiger partial charge in [0.1, 0.15) is 0 Å². The molecular formula is C18H26N2O. The third-order valence-corrected chi connectivity index (χ3v) is 5.87. The van der Waals surface area contributed by atoms with E-state index in [9.17, 15) is 0 Å². The number of likely N-dealkylation sites (tertiary alicyclic amines) is 1. The molecule has 3 heterocycles. The summed E-state index contributed by atoms with van der Waals surface area (Å²) in [6.45, 7) is 4.68. The standard InChI is InChI=1S/C18H26N2O/c1-3-15(4-1)13-20-9-6-18(7-10-20)11-17(14-21-18)16-5-2-8-19-12-16/h2,5,8,12,15,17H,1,3-4,6-7,9-11,13-14H2. The molecule has 0 radical (unpaired) electrons. The van der Waals surface area contributed by atoms with Crippen LogP contribution in [0, 0.1) is 5.92 Å². The van der Waals surface area contributed by atoms with Gasteiger partial charge in [-0.05, 0) is 49.7 Å². The van der Waals surface area contributed by atoms with Crippen LogP contribution in [-0.4, -0.2) is 41.7 Å². The smallest absolute Gasteiger partial charge is 0.0713 e. The van der Waals surface area contributed by atoms with Crippen molar-refractivity contribution in [2.75, 3.05) is 26.2 Å². The molecule has 1 aromatic heterocycles. The molecule has 1 aliphatic carbocycles. The SMILES string of the molecule is c1cncc(C2COC3(CCN(CC4CCC4)CC3)C2)c1. The van der Waals surface area contributed by atoms with E-state index >= 15 is 0 Å². The first kappa shape index (κ1) is 13.7. The van der Waals surface area contributed by atoms with Crippen LogP contribution in [-0.2, 0) is 4.74 Å². The highest BCUT2D eigenvalue weighted by Gasteiger charge is 2.43. The summed E-state index contributed by atoms with van der Waals surface area (Å²) in [4.78, 5) is 6.94. The van der Waals surface area contributed by atoms with Crippen LogP contribution in [0.3, 0.4) is 0 Å². The first-order chi connectivity index (χ1) is 10.3. The van der Waals surface area contributed by atoms with Crippen LogP contribution in [0.15, 0.2) is 24.5 Å². The van der Waals surface area contributed by atoms with Crippen molar-refractivity contribution in [1.29, 1.82) is 0 Å². The van der Waals surface area contributed by atoms with Crippen molar-refractivity contribution in [2.45, 2.75) is 50.0 Å². The predicted octanol–water partition coefficient (Wildman–Crippen LogP) is 3.22. The van der Waals surface area contributed by atoms with Gasteiger partial charge in [0.25, 0.3) is 0 Å². The molecule has 2 aliphatic heterocycles. The molecule has 4 rings (SSSR count). The number of hydrogen-bond donors (Lipinski definition) is 0. The fraction of sp³-hybridized carbons (Fsp3) is 0.722. The summed E-state index contributed by atoms with van der Waals surface area (Å²) in [5, 5.41) is 0. The maximum absolute atomic E-state index is 6.29. The van der Waals surface area contributed by atoms with E-state index in [0.29, 0.717) is 5.92 Å². The van der Waals surface area contributed by atoms with E-state index in [2.05, 4.69) is 16.0 Å². The van der Waals surface area contributed by atoms with Crippen LogP contribution < -0.4 is 0 Å². The molecule has 3 fully saturated rings. The summed E-state index contributed by atoms with van der Waals surface area (Å²) in [6, 6.07) is 4.24. The highest BCUT2D eigenvalue weighted by Crippen LogP contribution is 2.43. The number of rotatable bonds is 3. The molecule has 0 amide bonds. The van der Waals surface area contributed by atoms with Gasteiger partial charge < -0.3 is 9.64 Å². The lowest BCUT2D eigenvalue weighted by Crippen LogP contribution is -2.46. The second kappa shape index (κ2) is 5.69. The van der Waals surface area contributed by atoms with E-state index in [1.165, 1.54) is 63.7 Å². The predicted molar refractivity (Wildman–Crippen MR) is 83.3 cm³/mol. The Morgan fingerprint density at radius 3 is 2.81 bits per heavy atom. The number of aromatic nitrogens is 1. The lowest BCUT2D eigenvalue weighted by atomic mass is 9.81. The van der Waals surface area contributed by atoms with Crippen molar-refractivity contribution >= 4 is 0 Å². The quantitative estimate of drug-likeness (QED) is 0.853. The number of pyridine rings is 1. The molecule has 0 N–H and O–H groups in total. The van der Waals surface area contributed by atoms with Gasteiger partial charge in [-0.25, -0.2) is 0 Å². The van der Waals surface area contributed by atoms with Crippen LogP contribution in [0.4, 0.5) is 0 Å². The molecule has 21 heavy (non-hydrogen) atoms. The highest BCUT2D eigenvalue weighted by molar-refractivity contribution is 5.18. The van der Waals surface area contributed by atoms with Crippen LogP contribution in [0.5, 0.6) is 0 Å². The maximum Gasteiger partial charge on any atom is 0.0713 e. The zero-order chi connectivity index (χ0) is 14.1. The van der Waals surface area contributed by atoms with Gasteiger partial charge >= 0.3 is 0 Å². The topological polar surface area (TPSA) is 25.4 Å². The van der Waals surface area contributed by atoms with Crippen molar-refractivity contribution in [3.8, 4) is 0 Å². The van der Waals surface area contributed by atoms with E-state index in [0.717, 1.165) is 12.5 Å². The molecule has 0 aromatic carbocycles. The second-order valence-corrected chi connectivity index (χ2v) is 7.28. The van der Waals surface area contributed by atoms with Gasteiger partial charge in [-0.1, -0.05) is 12.5 Å². The van der Waals surface area contributed by atoms with Crippen molar-refractivity contribution in [3.63, 3.8) is 0 Å². The van der Waals surface area contributed by atoms with Crippen LogP contribution in [0.1, 0.15) is 50.0 Å². The summed E-state index contributed by atoms with van der Waals surface area (Å²) in [7, 11) is 0. The summed E-state index contributed by atoms with van der Waals surface area (Å²) in [5.74, 6) is 1.54. The van der Waals surface area contributed by atoms with Gasteiger partial charge in [-0.3, -0.25) is 4.98 Å².